The van der Waals surface area contributed by atoms with Gasteiger partial charge in [-0.05, 0) is 23.8 Å². The van der Waals surface area contributed by atoms with Crippen molar-refractivity contribution in [2.75, 3.05) is 0 Å². The van der Waals surface area contributed by atoms with Crippen LogP contribution in [-0.4, -0.2) is 21.8 Å². The van der Waals surface area contributed by atoms with E-state index >= 15 is 0 Å². The predicted octanol–water partition coefficient (Wildman–Crippen LogP) is 5.49. The normalized spacial score (nSPS) is 11.9. The van der Waals surface area contributed by atoms with Crippen LogP contribution in [0, 0.1) is 0 Å². The molecule has 3 aromatic rings. The average molecular weight is 420 g/mol. The van der Waals surface area contributed by atoms with Crippen molar-refractivity contribution in [3.8, 4) is 10.6 Å². The molecule has 0 radical (unpaired) electrons. The molecule has 0 saturated carbocycles. The Hall–Kier alpha value is -2.21. The second-order valence-electron chi connectivity index (χ2n) is 5.99. The zero-order valence-electron chi connectivity index (χ0n) is 14.1. The maximum absolute atomic E-state index is 12.4. The van der Waals surface area contributed by atoms with Gasteiger partial charge in [-0.15, -0.1) is 11.3 Å². The smallest absolute Gasteiger partial charge is 0.311 e. The molecule has 0 aliphatic carbocycles. The molecule has 4 nitrogen and oxygen atoms in total. The highest BCUT2D eigenvalue weighted by Gasteiger charge is 2.23. The molecular formula is C20H15Cl2NO3S. The number of rotatable bonds is 7. The molecule has 1 aromatic heterocycles. The minimum atomic E-state index is -1.01. The first-order valence-corrected chi connectivity index (χ1v) is 9.77. The highest BCUT2D eigenvalue weighted by molar-refractivity contribution is 7.13. The van der Waals surface area contributed by atoms with E-state index in [0.717, 1.165) is 5.56 Å². The van der Waals surface area contributed by atoms with Crippen molar-refractivity contribution in [2.45, 2.75) is 18.8 Å². The van der Waals surface area contributed by atoms with Crippen LogP contribution in [0.5, 0.6) is 0 Å². The van der Waals surface area contributed by atoms with Gasteiger partial charge in [0.05, 0.1) is 16.6 Å². The number of carboxylic acids is 1. The highest BCUT2D eigenvalue weighted by atomic mass is 35.5. The summed E-state index contributed by atoms with van der Waals surface area (Å²) < 4.78 is 0. The van der Waals surface area contributed by atoms with Crippen LogP contribution < -0.4 is 0 Å². The quantitative estimate of drug-likeness (QED) is 0.549. The standard InChI is InChI=1S/C20H15Cl2NO3S/c21-13-6-7-16(18(22)8-13)19-23-14(11-27-19)9-15(24)10-17(20(25)26)12-4-2-1-3-5-12/h1-8,11,17H,9-10H2,(H,25,26). The Morgan fingerprint density at radius 3 is 2.52 bits per heavy atom. The summed E-state index contributed by atoms with van der Waals surface area (Å²) in [5.74, 6) is -2.05. The van der Waals surface area contributed by atoms with Crippen LogP contribution in [0.4, 0.5) is 0 Å². The van der Waals surface area contributed by atoms with Crippen molar-refractivity contribution in [1.82, 2.24) is 4.98 Å². The predicted molar refractivity (Wildman–Crippen MR) is 108 cm³/mol. The van der Waals surface area contributed by atoms with Crippen molar-refractivity contribution >= 4 is 46.3 Å². The van der Waals surface area contributed by atoms with Crippen molar-refractivity contribution in [1.29, 1.82) is 0 Å². The largest absolute Gasteiger partial charge is 0.481 e. The lowest BCUT2D eigenvalue weighted by molar-refractivity contribution is -0.140. The van der Waals surface area contributed by atoms with E-state index in [-0.39, 0.29) is 18.6 Å². The number of aliphatic carboxylic acids is 1. The fourth-order valence-electron chi connectivity index (χ4n) is 2.71. The Morgan fingerprint density at radius 2 is 1.85 bits per heavy atom. The van der Waals surface area contributed by atoms with E-state index < -0.39 is 11.9 Å². The molecule has 138 valence electrons. The number of carbonyl (C=O) groups is 2. The number of carboxylic acid groups (broad SMARTS) is 1. The Labute approximate surface area is 170 Å². The molecule has 7 heteroatoms. The van der Waals surface area contributed by atoms with E-state index in [2.05, 4.69) is 4.98 Å². The minimum Gasteiger partial charge on any atom is -0.481 e. The fourth-order valence-corrected chi connectivity index (χ4v) is 4.12. The molecule has 0 spiro atoms. The van der Waals surface area contributed by atoms with Gasteiger partial charge < -0.3 is 5.11 Å². The Morgan fingerprint density at radius 1 is 1.11 bits per heavy atom. The number of aromatic nitrogens is 1. The first kappa shape index (κ1) is 19.5. The first-order chi connectivity index (χ1) is 12.9. The lowest BCUT2D eigenvalue weighted by Gasteiger charge is -2.11. The fraction of sp³-hybridized carbons (Fsp3) is 0.150. The monoisotopic (exact) mass is 419 g/mol. The van der Waals surface area contributed by atoms with Gasteiger partial charge in [-0.3, -0.25) is 9.59 Å². The molecule has 0 aliphatic heterocycles. The summed E-state index contributed by atoms with van der Waals surface area (Å²) in [6.07, 6.45) is 0.00618. The highest BCUT2D eigenvalue weighted by Crippen LogP contribution is 2.32. The Kier molecular flexibility index (Phi) is 6.26. The van der Waals surface area contributed by atoms with Crippen molar-refractivity contribution in [3.63, 3.8) is 0 Å². The number of ketones is 1. The molecule has 2 aromatic carbocycles. The topological polar surface area (TPSA) is 67.3 Å². The summed E-state index contributed by atoms with van der Waals surface area (Å²) in [4.78, 5) is 28.4. The number of nitrogens with zero attached hydrogens (tertiary/aromatic N) is 1. The average Bonchev–Trinajstić information content (AvgIpc) is 3.08. The number of halogens is 2. The van der Waals surface area contributed by atoms with Crippen LogP contribution in [0.2, 0.25) is 10.0 Å². The second-order valence-corrected chi connectivity index (χ2v) is 7.69. The first-order valence-electron chi connectivity index (χ1n) is 8.13. The number of hydrogen-bond acceptors (Lipinski definition) is 4. The third kappa shape index (κ3) is 4.95. The van der Waals surface area contributed by atoms with Gasteiger partial charge in [0, 0.05) is 28.8 Å². The zero-order valence-corrected chi connectivity index (χ0v) is 16.4. The van der Waals surface area contributed by atoms with Gasteiger partial charge in [-0.2, -0.15) is 0 Å². The van der Waals surface area contributed by atoms with Crippen LogP contribution in [0.3, 0.4) is 0 Å². The van der Waals surface area contributed by atoms with Gasteiger partial charge in [0.25, 0.3) is 0 Å². The summed E-state index contributed by atoms with van der Waals surface area (Å²) in [5, 5.41) is 13.0. The number of carbonyl (C=O) groups excluding carboxylic acids is 1. The number of benzene rings is 2. The summed E-state index contributed by atoms with van der Waals surface area (Å²) in [6, 6.07) is 13.9. The van der Waals surface area contributed by atoms with Crippen LogP contribution >= 0.6 is 34.5 Å². The van der Waals surface area contributed by atoms with Crippen LogP contribution in [0.1, 0.15) is 23.6 Å². The summed E-state index contributed by atoms with van der Waals surface area (Å²) >= 11 is 13.5. The summed E-state index contributed by atoms with van der Waals surface area (Å²) in [6.45, 7) is 0. The van der Waals surface area contributed by atoms with Crippen molar-refractivity contribution in [3.05, 3.63) is 75.2 Å². The molecule has 0 saturated heterocycles. The zero-order chi connectivity index (χ0) is 19.4. The maximum atomic E-state index is 12.4. The maximum Gasteiger partial charge on any atom is 0.311 e. The number of hydrogen-bond donors (Lipinski definition) is 1. The van der Waals surface area contributed by atoms with E-state index in [9.17, 15) is 14.7 Å². The van der Waals surface area contributed by atoms with Crippen LogP contribution in [-0.2, 0) is 16.0 Å². The van der Waals surface area contributed by atoms with Gasteiger partial charge in [0.1, 0.15) is 10.8 Å². The van der Waals surface area contributed by atoms with Gasteiger partial charge in [0.2, 0.25) is 0 Å². The SMILES string of the molecule is O=C(Cc1csc(-c2ccc(Cl)cc2Cl)n1)CC(C(=O)O)c1ccccc1. The second kappa shape index (κ2) is 8.65. The van der Waals surface area contributed by atoms with E-state index in [1.165, 1.54) is 11.3 Å². The third-order valence-electron chi connectivity index (χ3n) is 4.02. The Bertz CT molecular complexity index is 972. The minimum absolute atomic E-state index is 0.0755. The molecule has 0 aliphatic rings. The van der Waals surface area contributed by atoms with Crippen molar-refractivity contribution in [2.24, 2.45) is 0 Å². The summed E-state index contributed by atoms with van der Waals surface area (Å²) in [7, 11) is 0. The molecule has 1 unspecified atom stereocenters. The molecule has 0 amide bonds. The molecule has 1 atom stereocenters. The van der Waals surface area contributed by atoms with E-state index in [1.54, 1.807) is 47.8 Å². The van der Waals surface area contributed by atoms with E-state index in [0.29, 0.717) is 26.3 Å². The number of Topliss-reactive ketones (excluding diaryl/α,β-unsaturated/α-hetero) is 1. The molecule has 1 N–H and O–H groups in total. The van der Waals surface area contributed by atoms with Gasteiger partial charge in [-0.25, -0.2) is 4.98 Å². The van der Waals surface area contributed by atoms with Gasteiger partial charge in [0.15, 0.2) is 0 Å². The van der Waals surface area contributed by atoms with Crippen LogP contribution in [0.25, 0.3) is 10.6 Å². The molecule has 1 heterocycles. The molecular weight excluding hydrogens is 405 g/mol. The van der Waals surface area contributed by atoms with Crippen LogP contribution in [0.15, 0.2) is 53.9 Å². The summed E-state index contributed by atoms with van der Waals surface area (Å²) in [5.41, 5.74) is 1.96. The molecule has 0 fully saturated rings. The Balaban J connectivity index is 1.71. The third-order valence-corrected chi connectivity index (χ3v) is 5.50. The van der Waals surface area contributed by atoms with Gasteiger partial charge in [-0.1, -0.05) is 53.5 Å². The van der Waals surface area contributed by atoms with E-state index in [1.807, 2.05) is 6.07 Å². The molecule has 0 bridgehead atoms. The van der Waals surface area contributed by atoms with Crippen molar-refractivity contribution < 1.29 is 14.7 Å². The number of thiazole rings is 1. The molecule has 27 heavy (non-hydrogen) atoms. The lowest BCUT2D eigenvalue weighted by atomic mass is 9.93. The lowest BCUT2D eigenvalue weighted by Crippen LogP contribution is -2.17. The molecule has 3 rings (SSSR count). The van der Waals surface area contributed by atoms with E-state index in [4.69, 9.17) is 23.2 Å². The van der Waals surface area contributed by atoms with Gasteiger partial charge >= 0.3 is 5.97 Å².